The number of hydrogen-bond acceptors (Lipinski definition) is 3. The van der Waals surface area contributed by atoms with Crippen molar-refractivity contribution in [2.45, 2.75) is 19.3 Å². The molecular formula is C55H37NO2. The lowest BCUT2D eigenvalue weighted by molar-refractivity contribution is 0.660. The number of benzene rings is 9. The number of furan rings is 2. The van der Waals surface area contributed by atoms with E-state index in [9.17, 15) is 0 Å². The van der Waals surface area contributed by atoms with Crippen LogP contribution in [0.5, 0.6) is 0 Å². The Hall–Kier alpha value is -7.36. The lowest BCUT2D eigenvalue weighted by Gasteiger charge is -2.28. The van der Waals surface area contributed by atoms with Gasteiger partial charge in [-0.25, -0.2) is 0 Å². The van der Waals surface area contributed by atoms with E-state index in [-0.39, 0.29) is 5.41 Å². The first kappa shape index (κ1) is 32.8. The SMILES string of the molecule is CC1(C)c2ccccc2-c2ccc(N(c3cccc(-c4ccccc4)c3)c3ccc4c(c3)oc3c(-c5cccc6ccccc56)c5c(cc34)oc3ccccc35)cc21. The van der Waals surface area contributed by atoms with Crippen LogP contribution < -0.4 is 4.90 Å². The van der Waals surface area contributed by atoms with E-state index in [0.717, 1.165) is 77.6 Å². The van der Waals surface area contributed by atoms with Crippen molar-refractivity contribution in [1.29, 1.82) is 0 Å². The smallest absolute Gasteiger partial charge is 0.144 e. The second kappa shape index (κ2) is 12.3. The van der Waals surface area contributed by atoms with Gasteiger partial charge in [0.05, 0.1) is 0 Å². The molecule has 9 aromatic carbocycles. The van der Waals surface area contributed by atoms with E-state index in [0.29, 0.717) is 0 Å². The lowest BCUT2D eigenvalue weighted by atomic mass is 9.82. The van der Waals surface area contributed by atoms with E-state index < -0.39 is 0 Å². The van der Waals surface area contributed by atoms with E-state index in [1.54, 1.807) is 0 Å². The van der Waals surface area contributed by atoms with Crippen molar-refractivity contribution in [2.24, 2.45) is 0 Å². The van der Waals surface area contributed by atoms with Gasteiger partial charge < -0.3 is 13.7 Å². The van der Waals surface area contributed by atoms with Gasteiger partial charge in [-0.2, -0.15) is 0 Å². The van der Waals surface area contributed by atoms with Crippen LogP contribution in [-0.4, -0.2) is 0 Å². The van der Waals surface area contributed by atoms with Gasteiger partial charge in [0, 0.05) is 55.7 Å². The zero-order valence-corrected chi connectivity index (χ0v) is 32.2. The van der Waals surface area contributed by atoms with Crippen LogP contribution in [0, 0.1) is 0 Å². The minimum absolute atomic E-state index is 0.138. The summed E-state index contributed by atoms with van der Waals surface area (Å²) in [5, 5.41) is 6.59. The molecule has 12 rings (SSSR count). The molecule has 0 fully saturated rings. The Labute approximate surface area is 336 Å². The molecule has 0 saturated carbocycles. The standard InChI is InChI=1S/C55H37NO2/c1-55(2)47-24-10-8-21-41(47)42-28-26-38(31-48(42)55)56(37-19-12-18-36(30-37)34-14-4-3-5-15-34)39-27-29-43-46-33-51-52(45-22-9-11-25-49(45)57-51)53(54(46)58-50(43)32-39)44-23-13-17-35-16-6-7-20-40(35)44/h3-33H,1-2H3. The van der Waals surface area contributed by atoms with Crippen LogP contribution in [-0.2, 0) is 5.41 Å². The van der Waals surface area contributed by atoms with E-state index in [4.69, 9.17) is 8.83 Å². The average Bonchev–Trinajstić information content (AvgIpc) is 3.90. The summed E-state index contributed by atoms with van der Waals surface area (Å²) in [6.07, 6.45) is 0. The van der Waals surface area contributed by atoms with Crippen LogP contribution >= 0.6 is 0 Å². The highest BCUT2D eigenvalue weighted by Crippen LogP contribution is 2.52. The predicted molar refractivity (Wildman–Crippen MR) is 242 cm³/mol. The van der Waals surface area contributed by atoms with Crippen molar-refractivity contribution in [3.05, 3.63) is 199 Å². The van der Waals surface area contributed by atoms with Crippen LogP contribution in [0.3, 0.4) is 0 Å². The van der Waals surface area contributed by atoms with Crippen molar-refractivity contribution in [1.82, 2.24) is 0 Å². The molecule has 0 unspecified atom stereocenters. The van der Waals surface area contributed by atoms with Gasteiger partial charge in [0.1, 0.15) is 22.3 Å². The molecule has 0 radical (unpaired) electrons. The summed E-state index contributed by atoms with van der Waals surface area (Å²) < 4.78 is 13.8. The minimum Gasteiger partial charge on any atom is -0.456 e. The summed E-state index contributed by atoms with van der Waals surface area (Å²) in [6.45, 7) is 4.69. The molecule has 3 heteroatoms. The molecule has 0 saturated heterocycles. The van der Waals surface area contributed by atoms with Crippen molar-refractivity contribution in [3.8, 4) is 33.4 Å². The zero-order chi connectivity index (χ0) is 38.5. The normalized spacial score (nSPS) is 13.1. The Morgan fingerprint density at radius 3 is 1.98 bits per heavy atom. The summed E-state index contributed by atoms with van der Waals surface area (Å²) >= 11 is 0. The summed E-state index contributed by atoms with van der Waals surface area (Å²) in [5.41, 5.74) is 16.3. The third kappa shape index (κ3) is 4.80. The number of hydrogen-bond donors (Lipinski definition) is 0. The van der Waals surface area contributed by atoms with Gasteiger partial charge in [0.2, 0.25) is 0 Å². The molecule has 274 valence electrons. The molecule has 0 spiro atoms. The Morgan fingerprint density at radius 1 is 0.397 bits per heavy atom. The molecule has 1 aliphatic carbocycles. The number of fused-ring (bicyclic) bond motifs is 10. The van der Waals surface area contributed by atoms with Crippen LogP contribution in [0.2, 0.25) is 0 Å². The van der Waals surface area contributed by atoms with Crippen LogP contribution in [0.1, 0.15) is 25.0 Å². The first-order valence-corrected chi connectivity index (χ1v) is 20.0. The topological polar surface area (TPSA) is 29.5 Å². The van der Waals surface area contributed by atoms with E-state index >= 15 is 0 Å². The quantitative estimate of drug-likeness (QED) is 0.176. The monoisotopic (exact) mass is 743 g/mol. The maximum absolute atomic E-state index is 7.15. The van der Waals surface area contributed by atoms with E-state index in [2.05, 4.69) is 201 Å². The zero-order valence-electron chi connectivity index (χ0n) is 32.2. The summed E-state index contributed by atoms with van der Waals surface area (Å²) in [7, 11) is 0. The number of rotatable bonds is 5. The maximum Gasteiger partial charge on any atom is 0.144 e. The van der Waals surface area contributed by atoms with Gasteiger partial charge in [0.25, 0.3) is 0 Å². The third-order valence-electron chi connectivity index (χ3n) is 12.4. The van der Waals surface area contributed by atoms with Crippen molar-refractivity contribution < 1.29 is 8.83 Å². The maximum atomic E-state index is 7.15. The van der Waals surface area contributed by atoms with Crippen molar-refractivity contribution >= 4 is 71.7 Å². The second-order valence-corrected chi connectivity index (χ2v) is 16.1. The van der Waals surface area contributed by atoms with Crippen LogP contribution in [0.4, 0.5) is 17.1 Å². The summed E-state index contributed by atoms with van der Waals surface area (Å²) in [5.74, 6) is 0. The third-order valence-corrected chi connectivity index (χ3v) is 12.4. The second-order valence-electron chi connectivity index (χ2n) is 16.1. The van der Waals surface area contributed by atoms with Gasteiger partial charge in [-0.05, 0) is 98.2 Å². The fraction of sp³-hybridized carbons (Fsp3) is 0.0545. The van der Waals surface area contributed by atoms with E-state index in [1.807, 2.05) is 6.07 Å². The molecule has 1 aliphatic rings. The van der Waals surface area contributed by atoms with Crippen molar-refractivity contribution in [3.63, 3.8) is 0 Å². The molecule has 2 aromatic heterocycles. The van der Waals surface area contributed by atoms with E-state index in [1.165, 1.54) is 38.6 Å². The minimum atomic E-state index is -0.138. The summed E-state index contributed by atoms with van der Waals surface area (Å²) in [4.78, 5) is 2.38. The van der Waals surface area contributed by atoms with Crippen LogP contribution in [0.15, 0.2) is 197 Å². The lowest BCUT2D eigenvalue weighted by Crippen LogP contribution is -2.16. The molecule has 0 amide bonds. The summed E-state index contributed by atoms with van der Waals surface area (Å²) in [6, 6.07) is 67.6. The highest BCUT2D eigenvalue weighted by Gasteiger charge is 2.36. The highest BCUT2D eigenvalue weighted by atomic mass is 16.3. The van der Waals surface area contributed by atoms with Gasteiger partial charge in [0.15, 0.2) is 0 Å². The van der Waals surface area contributed by atoms with Gasteiger partial charge in [-0.3, -0.25) is 0 Å². The number of anilines is 3. The first-order valence-electron chi connectivity index (χ1n) is 20.0. The van der Waals surface area contributed by atoms with Gasteiger partial charge in [-0.15, -0.1) is 0 Å². The predicted octanol–water partition coefficient (Wildman–Crippen LogP) is 15.7. The largest absolute Gasteiger partial charge is 0.456 e. The number of nitrogens with zero attached hydrogens (tertiary/aromatic N) is 1. The average molecular weight is 744 g/mol. The molecular weight excluding hydrogens is 707 g/mol. The Kier molecular flexibility index (Phi) is 6.98. The molecule has 2 heterocycles. The molecule has 0 atom stereocenters. The fourth-order valence-electron chi connectivity index (χ4n) is 9.68. The molecule has 11 aromatic rings. The Morgan fingerprint density at radius 2 is 1.07 bits per heavy atom. The number of para-hydroxylation sites is 1. The fourth-order valence-corrected chi connectivity index (χ4v) is 9.68. The molecule has 0 bridgehead atoms. The van der Waals surface area contributed by atoms with Gasteiger partial charge in [-0.1, -0.05) is 147 Å². The van der Waals surface area contributed by atoms with Crippen LogP contribution in [0.25, 0.3) is 88.0 Å². The van der Waals surface area contributed by atoms with Crippen molar-refractivity contribution in [2.75, 3.05) is 4.90 Å². The molecule has 0 aliphatic heterocycles. The first-order chi connectivity index (χ1) is 28.5. The Balaban J connectivity index is 1.10. The molecule has 58 heavy (non-hydrogen) atoms. The highest BCUT2D eigenvalue weighted by molar-refractivity contribution is 6.25. The van der Waals surface area contributed by atoms with Gasteiger partial charge >= 0.3 is 0 Å². The molecule has 3 nitrogen and oxygen atoms in total. The molecule has 0 N–H and O–H groups in total. The Bertz CT molecular complexity index is 3430.